The van der Waals surface area contributed by atoms with Crippen LogP contribution in [0, 0.1) is 12.8 Å². The Labute approximate surface area is 198 Å². The summed E-state index contributed by atoms with van der Waals surface area (Å²) in [6.45, 7) is 3.42. The quantitative estimate of drug-likeness (QED) is 0.465. The van der Waals surface area contributed by atoms with Crippen molar-refractivity contribution in [3.63, 3.8) is 0 Å². The summed E-state index contributed by atoms with van der Waals surface area (Å²) in [4.78, 5) is 28.9. The monoisotopic (exact) mass is 453 g/mol. The predicted molar refractivity (Wildman–Crippen MR) is 134 cm³/mol. The van der Waals surface area contributed by atoms with Crippen LogP contribution in [-0.2, 0) is 4.79 Å². The SMILES string of the molecule is COc1ccc(-c2cc(N3CCCC(C(=O)Nc4cc(C)nc5ccccc45)C3)ncn2)cc1. The largest absolute Gasteiger partial charge is 0.497 e. The Morgan fingerprint density at radius 2 is 1.91 bits per heavy atom. The Morgan fingerprint density at radius 1 is 1.09 bits per heavy atom. The van der Waals surface area contributed by atoms with Crippen LogP contribution in [0.4, 0.5) is 11.5 Å². The normalized spacial score (nSPS) is 15.8. The van der Waals surface area contributed by atoms with E-state index in [1.807, 2.05) is 67.6 Å². The fraction of sp³-hybridized carbons (Fsp3) is 0.259. The minimum Gasteiger partial charge on any atom is -0.497 e. The van der Waals surface area contributed by atoms with Gasteiger partial charge in [0.1, 0.15) is 17.9 Å². The van der Waals surface area contributed by atoms with E-state index in [2.05, 4.69) is 25.2 Å². The molecule has 1 atom stereocenters. The van der Waals surface area contributed by atoms with E-state index in [1.54, 1.807) is 13.4 Å². The molecule has 7 nitrogen and oxygen atoms in total. The highest BCUT2D eigenvalue weighted by Gasteiger charge is 2.27. The van der Waals surface area contributed by atoms with Gasteiger partial charge in [0.05, 0.1) is 29.9 Å². The maximum atomic E-state index is 13.2. The number of carbonyl (C=O) groups is 1. The third-order valence-corrected chi connectivity index (χ3v) is 6.26. The highest BCUT2D eigenvalue weighted by molar-refractivity contribution is 6.02. The van der Waals surface area contributed by atoms with Crippen LogP contribution in [0.5, 0.6) is 5.75 Å². The number of nitrogens with zero attached hydrogens (tertiary/aromatic N) is 4. The molecule has 1 aliphatic heterocycles. The minimum absolute atomic E-state index is 0.0323. The number of carbonyl (C=O) groups excluding carboxylic acids is 1. The van der Waals surface area contributed by atoms with Crippen molar-refractivity contribution in [1.29, 1.82) is 0 Å². The fourth-order valence-corrected chi connectivity index (χ4v) is 4.48. The maximum Gasteiger partial charge on any atom is 0.229 e. The summed E-state index contributed by atoms with van der Waals surface area (Å²) in [6.07, 6.45) is 3.36. The number of aromatic nitrogens is 3. The average Bonchev–Trinajstić information content (AvgIpc) is 2.89. The highest BCUT2D eigenvalue weighted by atomic mass is 16.5. The standard InChI is InChI=1S/C27H27N5O2/c1-18-14-25(22-7-3-4-8-23(22)30-18)31-27(33)20-6-5-13-32(16-20)26-15-24(28-17-29-26)19-9-11-21(34-2)12-10-19/h3-4,7-12,14-15,17,20H,5-6,13,16H2,1-2H3,(H,30,31,33). The third-order valence-electron chi connectivity index (χ3n) is 6.26. The third kappa shape index (κ3) is 4.55. The van der Waals surface area contributed by atoms with Gasteiger partial charge in [-0.05, 0) is 56.2 Å². The lowest BCUT2D eigenvalue weighted by Gasteiger charge is -2.33. The Morgan fingerprint density at radius 3 is 2.74 bits per heavy atom. The Bertz CT molecular complexity index is 1320. The van der Waals surface area contributed by atoms with Crippen LogP contribution in [0.25, 0.3) is 22.2 Å². The number of fused-ring (bicyclic) bond motifs is 1. The second-order valence-electron chi connectivity index (χ2n) is 8.59. The second-order valence-corrected chi connectivity index (χ2v) is 8.59. The van der Waals surface area contributed by atoms with E-state index in [4.69, 9.17) is 4.74 Å². The second kappa shape index (κ2) is 9.47. The van der Waals surface area contributed by atoms with Gasteiger partial charge in [-0.1, -0.05) is 18.2 Å². The van der Waals surface area contributed by atoms with Crippen molar-refractivity contribution in [2.75, 3.05) is 30.4 Å². The number of nitrogens with one attached hydrogen (secondary N) is 1. The molecular weight excluding hydrogens is 426 g/mol. The van der Waals surface area contributed by atoms with Gasteiger partial charge in [-0.15, -0.1) is 0 Å². The smallest absolute Gasteiger partial charge is 0.229 e. The molecule has 1 unspecified atom stereocenters. The van der Waals surface area contributed by atoms with Gasteiger partial charge < -0.3 is 15.0 Å². The van der Waals surface area contributed by atoms with Crippen LogP contribution < -0.4 is 15.0 Å². The van der Waals surface area contributed by atoms with E-state index in [9.17, 15) is 4.79 Å². The number of anilines is 2. The molecule has 0 radical (unpaired) electrons. The van der Waals surface area contributed by atoms with Crippen molar-refractivity contribution in [2.45, 2.75) is 19.8 Å². The molecule has 2 aromatic heterocycles. The number of methoxy groups -OCH3 is 1. The summed E-state index contributed by atoms with van der Waals surface area (Å²) < 4.78 is 5.25. The van der Waals surface area contributed by atoms with Gasteiger partial charge in [-0.2, -0.15) is 0 Å². The molecule has 1 aliphatic rings. The lowest BCUT2D eigenvalue weighted by Crippen LogP contribution is -2.41. The fourth-order valence-electron chi connectivity index (χ4n) is 4.48. The first-order chi connectivity index (χ1) is 16.6. The number of aryl methyl sites for hydroxylation is 1. The summed E-state index contributed by atoms with van der Waals surface area (Å²) in [6, 6.07) is 19.6. The number of pyridine rings is 1. The first kappa shape index (κ1) is 21.8. The highest BCUT2D eigenvalue weighted by Crippen LogP contribution is 2.28. The molecule has 0 saturated carbocycles. The lowest BCUT2D eigenvalue weighted by molar-refractivity contribution is -0.120. The molecule has 0 aliphatic carbocycles. The summed E-state index contributed by atoms with van der Waals surface area (Å²) >= 11 is 0. The molecule has 34 heavy (non-hydrogen) atoms. The molecule has 3 heterocycles. The van der Waals surface area contributed by atoms with Crippen LogP contribution in [0.15, 0.2) is 67.0 Å². The van der Waals surface area contributed by atoms with E-state index >= 15 is 0 Å². The first-order valence-corrected chi connectivity index (χ1v) is 11.5. The zero-order chi connectivity index (χ0) is 23.5. The molecule has 1 amide bonds. The van der Waals surface area contributed by atoms with E-state index in [0.29, 0.717) is 6.54 Å². The van der Waals surface area contributed by atoms with E-state index < -0.39 is 0 Å². The number of hydrogen-bond donors (Lipinski definition) is 1. The lowest BCUT2D eigenvalue weighted by atomic mass is 9.96. The average molecular weight is 454 g/mol. The van der Waals surface area contributed by atoms with Crippen molar-refractivity contribution < 1.29 is 9.53 Å². The van der Waals surface area contributed by atoms with Crippen molar-refractivity contribution >= 4 is 28.3 Å². The molecule has 7 heteroatoms. The van der Waals surface area contributed by atoms with Crippen LogP contribution in [0.2, 0.25) is 0 Å². The van der Waals surface area contributed by atoms with Gasteiger partial charge in [-0.3, -0.25) is 9.78 Å². The minimum atomic E-state index is -0.125. The summed E-state index contributed by atoms with van der Waals surface area (Å²) in [5.41, 5.74) is 4.42. The number of benzene rings is 2. The molecule has 4 aromatic rings. The van der Waals surface area contributed by atoms with Crippen LogP contribution in [0.1, 0.15) is 18.5 Å². The number of para-hydroxylation sites is 1. The van der Waals surface area contributed by atoms with Gasteiger partial charge in [0, 0.05) is 35.8 Å². The number of piperidine rings is 1. The maximum absolute atomic E-state index is 13.2. The molecule has 0 spiro atoms. The number of amides is 1. The van der Waals surface area contributed by atoms with Gasteiger partial charge in [0.15, 0.2) is 0 Å². The Kier molecular flexibility index (Phi) is 6.08. The molecule has 2 aromatic carbocycles. The van der Waals surface area contributed by atoms with Crippen LogP contribution in [0.3, 0.4) is 0 Å². The Balaban J connectivity index is 1.33. The van der Waals surface area contributed by atoms with Crippen molar-refractivity contribution in [1.82, 2.24) is 15.0 Å². The van der Waals surface area contributed by atoms with E-state index in [1.165, 1.54) is 0 Å². The topological polar surface area (TPSA) is 80.2 Å². The van der Waals surface area contributed by atoms with E-state index in [0.717, 1.165) is 64.5 Å². The number of ether oxygens (including phenoxy) is 1. The van der Waals surface area contributed by atoms with Crippen molar-refractivity contribution in [3.05, 3.63) is 72.7 Å². The first-order valence-electron chi connectivity index (χ1n) is 11.5. The van der Waals surface area contributed by atoms with Gasteiger partial charge in [0.25, 0.3) is 0 Å². The molecule has 0 bridgehead atoms. The number of rotatable bonds is 5. The molecule has 1 saturated heterocycles. The molecular formula is C27H27N5O2. The molecule has 172 valence electrons. The zero-order valence-corrected chi connectivity index (χ0v) is 19.4. The summed E-state index contributed by atoms with van der Waals surface area (Å²) in [5, 5.41) is 4.12. The van der Waals surface area contributed by atoms with Crippen LogP contribution >= 0.6 is 0 Å². The van der Waals surface area contributed by atoms with Gasteiger partial charge >= 0.3 is 0 Å². The summed E-state index contributed by atoms with van der Waals surface area (Å²) in [7, 11) is 1.65. The predicted octanol–water partition coefficient (Wildman–Crippen LogP) is 4.86. The molecule has 1 fully saturated rings. The van der Waals surface area contributed by atoms with Gasteiger partial charge in [-0.25, -0.2) is 9.97 Å². The molecule has 1 N–H and O–H groups in total. The van der Waals surface area contributed by atoms with Gasteiger partial charge in [0.2, 0.25) is 5.91 Å². The van der Waals surface area contributed by atoms with Crippen molar-refractivity contribution in [2.24, 2.45) is 5.92 Å². The van der Waals surface area contributed by atoms with Crippen molar-refractivity contribution in [3.8, 4) is 17.0 Å². The van der Waals surface area contributed by atoms with E-state index in [-0.39, 0.29) is 11.8 Å². The number of hydrogen-bond acceptors (Lipinski definition) is 6. The Hall–Kier alpha value is -4.00. The van der Waals surface area contributed by atoms with Crippen LogP contribution in [-0.4, -0.2) is 41.1 Å². The summed E-state index contributed by atoms with van der Waals surface area (Å²) in [5.74, 6) is 1.55. The molecule has 5 rings (SSSR count). The zero-order valence-electron chi connectivity index (χ0n) is 19.4.